The highest BCUT2D eigenvalue weighted by Crippen LogP contribution is 2.14. The summed E-state index contributed by atoms with van der Waals surface area (Å²) in [6, 6.07) is 2.00. The summed E-state index contributed by atoms with van der Waals surface area (Å²) in [6.07, 6.45) is 12.4. The minimum atomic E-state index is -0.195. The zero-order valence-electron chi connectivity index (χ0n) is 14.0. The van der Waals surface area contributed by atoms with Crippen LogP contribution in [0.3, 0.4) is 0 Å². The van der Waals surface area contributed by atoms with Gasteiger partial charge in [0.2, 0.25) is 0 Å². The molecular formula is C18H31NO2. The molecule has 0 radical (unpaired) electrons. The summed E-state index contributed by atoms with van der Waals surface area (Å²) >= 11 is 0. The van der Waals surface area contributed by atoms with Gasteiger partial charge in [0, 0.05) is 12.7 Å². The molecule has 3 heteroatoms. The van der Waals surface area contributed by atoms with E-state index in [0.717, 1.165) is 24.2 Å². The van der Waals surface area contributed by atoms with Gasteiger partial charge in [-0.15, -0.1) is 0 Å². The average Bonchev–Trinajstić information content (AvgIpc) is 2.83. The number of aromatic nitrogens is 1. The van der Waals surface area contributed by atoms with Gasteiger partial charge in [-0.1, -0.05) is 51.9 Å². The molecule has 0 spiro atoms. The molecule has 0 N–H and O–H groups in total. The molecule has 0 atom stereocenters. The Labute approximate surface area is 129 Å². The molecule has 0 aliphatic carbocycles. The average molecular weight is 293 g/mol. The van der Waals surface area contributed by atoms with Crippen molar-refractivity contribution in [3.63, 3.8) is 0 Å². The number of carbonyl (C=O) groups excluding carboxylic acids is 1. The van der Waals surface area contributed by atoms with Crippen molar-refractivity contribution >= 4 is 5.97 Å². The second kappa shape index (κ2) is 10.5. The van der Waals surface area contributed by atoms with Gasteiger partial charge in [-0.05, 0) is 31.9 Å². The van der Waals surface area contributed by atoms with E-state index in [1.807, 2.05) is 30.7 Å². The molecule has 0 unspecified atom stereocenters. The van der Waals surface area contributed by atoms with Gasteiger partial charge in [-0.3, -0.25) is 0 Å². The van der Waals surface area contributed by atoms with E-state index in [1.165, 1.54) is 44.9 Å². The smallest absolute Gasteiger partial charge is 0.355 e. The fourth-order valence-corrected chi connectivity index (χ4v) is 2.66. The second-order valence-corrected chi connectivity index (χ2v) is 5.74. The third-order valence-electron chi connectivity index (χ3n) is 3.89. The molecule has 0 amide bonds. The molecule has 1 heterocycles. The Balaban J connectivity index is 2.28. The Hall–Kier alpha value is -1.25. The minimum Gasteiger partial charge on any atom is -0.461 e. The van der Waals surface area contributed by atoms with Crippen LogP contribution in [0, 0.1) is 6.92 Å². The van der Waals surface area contributed by atoms with Crippen LogP contribution in [0.4, 0.5) is 0 Å². The lowest BCUT2D eigenvalue weighted by molar-refractivity contribution is 0.0512. The van der Waals surface area contributed by atoms with Crippen molar-refractivity contribution in [2.45, 2.75) is 78.7 Å². The second-order valence-electron chi connectivity index (χ2n) is 5.74. The fraction of sp³-hybridized carbons (Fsp3) is 0.722. The van der Waals surface area contributed by atoms with Crippen LogP contribution in [0.5, 0.6) is 0 Å². The molecule has 120 valence electrons. The van der Waals surface area contributed by atoms with Crippen LogP contribution >= 0.6 is 0 Å². The topological polar surface area (TPSA) is 31.2 Å². The van der Waals surface area contributed by atoms with E-state index in [1.54, 1.807) is 0 Å². The molecule has 0 saturated carbocycles. The normalized spacial score (nSPS) is 10.8. The fourth-order valence-electron chi connectivity index (χ4n) is 2.66. The summed E-state index contributed by atoms with van der Waals surface area (Å²) < 4.78 is 7.18. The van der Waals surface area contributed by atoms with Gasteiger partial charge in [0.15, 0.2) is 0 Å². The first-order valence-corrected chi connectivity index (χ1v) is 8.53. The van der Waals surface area contributed by atoms with Gasteiger partial charge in [-0.2, -0.15) is 0 Å². The van der Waals surface area contributed by atoms with Gasteiger partial charge in [0.1, 0.15) is 5.69 Å². The first-order chi connectivity index (χ1) is 10.2. The molecule has 1 aromatic rings. The molecule has 1 rings (SSSR count). The van der Waals surface area contributed by atoms with E-state index in [-0.39, 0.29) is 5.97 Å². The standard InChI is InChI=1S/C18H31NO2/c1-4-6-7-8-9-10-11-12-14-19-15-13-16(3)17(19)18(20)21-5-2/h13,15H,4-12,14H2,1-3H3. The highest BCUT2D eigenvalue weighted by molar-refractivity contribution is 5.89. The maximum Gasteiger partial charge on any atom is 0.355 e. The van der Waals surface area contributed by atoms with Crippen LogP contribution in [0.15, 0.2) is 12.3 Å². The van der Waals surface area contributed by atoms with Crippen molar-refractivity contribution in [1.82, 2.24) is 4.57 Å². The van der Waals surface area contributed by atoms with Crippen LogP contribution < -0.4 is 0 Å². The maximum absolute atomic E-state index is 11.9. The first-order valence-electron chi connectivity index (χ1n) is 8.53. The summed E-state index contributed by atoms with van der Waals surface area (Å²) in [4.78, 5) is 11.9. The van der Waals surface area contributed by atoms with E-state index in [4.69, 9.17) is 4.74 Å². The predicted molar refractivity (Wildman–Crippen MR) is 87.7 cm³/mol. The van der Waals surface area contributed by atoms with Crippen molar-refractivity contribution in [2.75, 3.05) is 6.61 Å². The summed E-state index contributed by atoms with van der Waals surface area (Å²) in [7, 11) is 0. The van der Waals surface area contributed by atoms with Gasteiger partial charge in [-0.25, -0.2) is 4.79 Å². The minimum absolute atomic E-state index is 0.195. The summed E-state index contributed by atoms with van der Waals surface area (Å²) in [5, 5.41) is 0. The highest BCUT2D eigenvalue weighted by atomic mass is 16.5. The van der Waals surface area contributed by atoms with Crippen LogP contribution in [0.1, 0.15) is 81.3 Å². The Kier molecular flexibility index (Phi) is 8.88. The summed E-state index contributed by atoms with van der Waals surface area (Å²) in [5.74, 6) is -0.195. The number of carbonyl (C=O) groups is 1. The molecule has 0 aromatic carbocycles. The molecule has 0 saturated heterocycles. The van der Waals surface area contributed by atoms with Crippen LogP contribution in [0.25, 0.3) is 0 Å². The van der Waals surface area contributed by atoms with Crippen molar-refractivity contribution in [1.29, 1.82) is 0 Å². The molecule has 1 aromatic heterocycles. The van der Waals surface area contributed by atoms with Crippen molar-refractivity contribution in [2.24, 2.45) is 0 Å². The number of hydrogen-bond acceptors (Lipinski definition) is 2. The number of nitrogens with zero attached hydrogens (tertiary/aromatic N) is 1. The third kappa shape index (κ3) is 6.36. The zero-order chi connectivity index (χ0) is 15.5. The van der Waals surface area contributed by atoms with E-state index in [0.29, 0.717) is 6.61 Å². The third-order valence-corrected chi connectivity index (χ3v) is 3.89. The summed E-state index contributed by atoms with van der Waals surface area (Å²) in [5.41, 5.74) is 1.73. The number of hydrogen-bond donors (Lipinski definition) is 0. The lowest BCUT2D eigenvalue weighted by Crippen LogP contribution is -2.13. The SMILES string of the molecule is CCCCCCCCCCn1ccc(C)c1C(=O)OCC. The monoisotopic (exact) mass is 293 g/mol. The molecule has 0 aliphatic heterocycles. The molecule has 0 bridgehead atoms. The first kappa shape index (κ1) is 17.8. The number of rotatable bonds is 11. The number of ether oxygens (including phenoxy) is 1. The maximum atomic E-state index is 11.9. The van der Waals surface area contributed by atoms with Gasteiger partial charge >= 0.3 is 5.97 Å². The highest BCUT2D eigenvalue weighted by Gasteiger charge is 2.15. The predicted octanol–water partition coefficient (Wildman–Crippen LogP) is 5.11. The van der Waals surface area contributed by atoms with E-state index in [2.05, 4.69) is 6.92 Å². The molecule has 0 aliphatic rings. The van der Waals surface area contributed by atoms with E-state index < -0.39 is 0 Å². The lowest BCUT2D eigenvalue weighted by atomic mass is 10.1. The van der Waals surface area contributed by atoms with Gasteiger partial charge < -0.3 is 9.30 Å². The van der Waals surface area contributed by atoms with E-state index >= 15 is 0 Å². The summed E-state index contributed by atoms with van der Waals surface area (Å²) in [6.45, 7) is 7.41. The van der Waals surface area contributed by atoms with Crippen LogP contribution in [-0.2, 0) is 11.3 Å². The zero-order valence-corrected chi connectivity index (χ0v) is 14.0. The Morgan fingerprint density at radius 1 is 1.05 bits per heavy atom. The van der Waals surface area contributed by atoms with Crippen molar-refractivity contribution in [3.05, 3.63) is 23.5 Å². The molecular weight excluding hydrogens is 262 g/mol. The van der Waals surface area contributed by atoms with Gasteiger partial charge in [0.05, 0.1) is 6.61 Å². The molecule has 3 nitrogen and oxygen atoms in total. The molecule has 21 heavy (non-hydrogen) atoms. The molecule has 0 fully saturated rings. The Morgan fingerprint density at radius 3 is 2.29 bits per heavy atom. The lowest BCUT2D eigenvalue weighted by Gasteiger charge is -2.09. The van der Waals surface area contributed by atoms with Gasteiger partial charge in [0.25, 0.3) is 0 Å². The number of unbranched alkanes of at least 4 members (excludes halogenated alkanes) is 7. The van der Waals surface area contributed by atoms with E-state index in [9.17, 15) is 4.79 Å². The quantitative estimate of drug-likeness (QED) is 0.419. The van der Waals surface area contributed by atoms with Crippen LogP contribution in [0.2, 0.25) is 0 Å². The Morgan fingerprint density at radius 2 is 1.67 bits per heavy atom. The number of aryl methyl sites for hydroxylation is 2. The van der Waals surface area contributed by atoms with Crippen molar-refractivity contribution in [3.8, 4) is 0 Å². The number of esters is 1. The van der Waals surface area contributed by atoms with Crippen molar-refractivity contribution < 1.29 is 9.53 Å². The largest absolute Gasteiger partial charge is 0.461 e. The Bertz CT molecular complexity index is 409. The van der Waals surface area contributed by atoms with Crippen LogP contribution in [-0.4, -0.2) is 17.1 Å².